The molecule has 0 fully saturated rings. The Hall–Kier alpha value is -3.13. The Morgan fingerprint density at radius 1 is 1.16 bits per heavy atom. The average molecular weight is 359 g/mol. The zero-order chi connectivity index (χ0) is 17.2. The first-order valence-corrected chi connectivity index (χ1v) is 7.73. The van der Waals surface area contributed by atoms with E-state index in [2.05, 4.69) is 15.5 Å². The van der Waals surface area contributed by atoms with E-state index in [-0.39, 0.29) is 5.56 Å². The van der Waals surface area contributed by atoms with Gasteiger partial charge in [0.1, 0.15) is 25.3 Å². The van der Waals surface area contributed by atoms with Gasteiger partial charge in [-0.15, -0.1) is 5.10 Å². The Kier molecular flexibility index (Phi) is 3.95. The van der Waals surface area contributed by atoms with Crippen LogP contribution in [0.15, 0.2) is 42.7 Å². The largest absolute Gasteiger partial charge is 0.486 e. The summed E-state index contributed by atoms with van der Waals surface area (Å²) in [5, 5.41) is 11.2. The van der Waals surface area contributed by atoms with Crippen LogP contribution in [0.4, 0.5) is 0 Å². The highest BCUT2D eigenvalue weighted by Gasteiger charge is 2.20. The lowest BCUT2D eigenvalue weighted by Gasteiger charge is -2.19. The highest BCUT2D eigenvalue weighted by atomic mass is 35.5. The summed E-state index contributed by atoms with van der Waals surface area (Å²) in [7, 11) is 0. The first-order chi connectivity index (χ1) is 12.2. The van der Waals surface area contributed by atoms with Gasteiger partial charge in [0.25, 0.3) is 0 Å². The molecule has 8 nitrogen and oxygen atoms in total. The van der Waals surface area contributed by atoms with Crippen LogP contribution in [0.2, 0.25) is 5.02 Å². The maximum atomic E-state index is 12.4. The number of benzene rings is 2. The second-order valence-electron chi connectivity index (χ2n) is 5.12. The van der Waals surface area contributed by atoms with Crippen LogP contribution in [0.25, 0.3) is 5.69 Å². The molecule has 126 valence electrons. The zero-order valence-corrected chi connectivity index (χ0v) is 13.5. The highest BCUT2D eigenvalue weighted by molar-refractivity contribution is 6.32. The third kappa shape index (κ3) is 3.11. The minimum Gasteiger partial charge on any atom is -0.486 e. The molecule has 0 amide bonds. The molecule has 0 radical (unpaired) electrons. The first-order valence-electron chi connectivity index (χ1n) is 7.35. The molecular formula is C16H11ClN4O4. The standard InChI is InChI=1S/C16H11ClN4O4/c17-13-7-10(8-14-15(13)24-6-5-23-14)16(22)25-12-3-1-11(2-4-12)21-9-18-19-20-21/h1-4,7-9H,5-6H2. The van der Waals surface area contributed by atoms with E-state index in [1.165, 1.54) is 17.1 Å². The molecule has 0 unspecified atom stereocenters. The minimum absolute atomic E-state index is 0.277. The van der Waals surface area contributed by atoms with Gasteiger partial charge >= 0.3 is 5.97 Å². The smallest absolute Gasteiger partial charge is 0.343 e. The zero-order valence-electron chi connectivity index (χ0n) is 12.8. The minimum atomic E-state index is -0.547. The number of rotatable bonds is 3. The number of aromatic nitrogens is 4. The molecule has 1 aliphatic heterocycles. The average Bonchev–Trinajstić information content (AvgIpc) is 3.17. The van der Waals surface area contributed by atoms with Crippen LogP contribution in [-0.2, 0) is 0 Å². The van der Waals surface area contributed by atoms with Gasteiger partial charge in [-0.3, -0.25) is 0 Å². The molecule has 4 rings (SSSR count). The molecule has 0 bridgehead atoms. The number of carbonyl (C=O) groups is 1. The predicted molar refractivity (Wildman–Crippen MR) is 86.6 cm³/mol. The molecule has 3 aromatic rings. The number of hydrogen-bond donors (Lipinski definition) is 0. The van der Waals surface area contributed by atoms with Crippen molar-refractivity contribution in [3.8, 4) is 22.9 Å². The number of esters is 1. The van der Waals surface area contributed by atoms with Gasteiger partial charge in [-0.25, -0.2) is 9.48 Å². The lowest BCUT2D eigenvalue weighted by Crippen LogP contribution is -2.17. The molecule has 25 heavy (non-hydrogen) atoms. The molecule has 0 N–H and O–H groups in total. The van der Waals surface area contributed by atoms with Crippen LogP contribution >= 0.6 is 11.6 Å². The van der Waals surface area contributed by atoms with Crippen LogP contribution in [0.3, 0.4) is 0 Å². The highest BCUT2D eigenvalue weighted by Crippen LogP contribution is 2.38. The Balaban J connectivity index is 1.53. The number of ether oxygens (including phenoxy) is 3. The van der Waals surface area contributed by atoms with Crippen molar-refractivity contribution >= 4 is 17.6 Å². The van der Waals surface area contributed by atoms with E-state index >= 15 is 0 Å². The fraction of sp³-hybridized carbons (Fsp3) is 0.125. The SMILES string of the molecule is O=C(Oc1ccc(-n2cnnn2)cc1)c1cc(Cl)c2c(c1)OCCO2. The fourth-order valence-corrected chi connectivity index (χ4v) is 2.61. The summed E-state index contributed by atoms with van der Waals surface area (Å²) in [6.07, 6.45) is 1.47. The number of halogens is 1. The molecule has 0 aliphatic carbocycles. The van der Waals surface area contributed by atoms with E-state index in [4.69, 9.17) is 25.8 Å². The first kappa shape index (κ1) is 15.4. The van der Waals surface area contributed by atoms with Crippen molar-refractivity contribution in [2.45, 2.75) is 0 Å². The molecule has 1 aromatic heterocycles. The number of nitrogens with zero attached hydrogens (tertiary/aromatic N) is 4. The summed E-state index contributed by atoms with van der Waals surface area (Å²) < 4.78 is 17.7. The second kappa shape index (κ2) is 6.40. The van der Waals surface area contributed by atoms with Crippen LogP contribution in [0.1, 0.15) is 10.4 Å². The van der Waals surface area contributed by atoms with Gasteiger partial charge in [-0.1, -0.05) is 11.6 Å². The van der Waals surface area contributed by atoms with Crippen molar-refractivity contribution in [3.05, 3.63) is 53.3 Å². The fourth-order valence-electron chi connectivity index (χ4n) is 2.34. The van der Waals surface area contributed by atoms with E-state index in [1.807, 2.05) is 0 Å². The van der Waals surface area contributed by atoms with Crippen molar-refractivity contribution in [3.63, 3.8) is 0 Å². The molecule has 0 atom stereocenters. The van der Waals surface area contributed by atoms with E-state index in [0.29, 0.717) is 35.5 Å². The summed E-state index contributed by atoms with van der Waals surface area (Å²) in [5.41, 5.74) is 1.02. The number of hydrogen-bond acceptors (Lipinski definition) is 7. The third-order valence-corrected chi connectivity index (χ3v) is 3.77. The van der Waals surface area contributed by atoms with Crippen LogP contribution in [-0.4, -0.2) is 39.4 Å². The van der Waals surface area contributed by atoms with Crippen molar-refractivity contribution in [1.29, 1.82) is 0 Å². The van der Waals surface area contributed by atoms with Gasteiger partial charge < -0.3 is 14.2 Å². The van der Waals surface area contributed by atoms with Crippen molar-refractivity contribution in [2.75, 3.05) is 13.2 Å². The van der Waals surface area contributed by atoms with Crippen LogP contribution < -0.4 is 14.2 Å². The second-order valence-corrected chi connectivity index (χ2v) is 5.53. The molecule has 2 heterocycles. The number of carbonyl (C=O) groups excluding carboxylic acids is 1. The molecule has 1 aliphatic rings. The van der Waals surface area contributed by atoms with Crippen LogP contribution in [0.5, 0.6) is 17.2 Å². The maximum Gasteiger partial charge on any atom is 0.343 e. The molecule has 0 saturated heterocycles. The summed E-state index contributed by atoms with van der Waals surface area (Å²) in [4.78, 5) is 12.4. The van der Waals surface area contributed by atoms with E-state index < -0.39 is 5.97 Å². The quantitative estimate of drug-likeness (QED) is 0.524. The number of tetrazole rings is 1. The van der Waals surface area contributed by atoms with Gasteiger partial charge in [0.2, 0.25) is 0 Å². The van der Waals surface area contributed by atoms with E-state index in [0.717, 1.165) is 5.69 Å². The van der Waals surface area contributed by atoms with Gasteiger partial charge in [-0.2, -0.15) is 0 Å². The Labute approximate surface area is 146 Å². The Bertz CT molecular complexity index is 913. The van der Waals surface area contributed by atoms with Crippen LogP contribution in [0, 0.1) is 0 Å². The molecule has 2 aromatic carbocycles. The summed E-state index contributed by atoms with van der Waals surface area (Å²) in [6, 6.07) is 9.81. The topological polar surface area (TPSA) is 88.4 Å². The van der Waals surface area contributed by atoms with Gasteiger partial charge in [0.15, 0.2) is 11.5 Å². The van der Waals surface area contributed by atoms with Crippen molar-refractivity contribution in [2.24, 2.45) is 0 Å². The monoisotopic (exact) mass is 358 g/mol. The summed E-state index contributed by atoms with van der Waals surface area (Å²) >= 11 is 6.14. The Morgan fingerprint density at radius 2 is 1.96 bits per heavy atom. The lowest BCUT2D eigenvalue weighted by molar-refractivity contribution is 0.0733. The van der Waals surface area contributed by atoms with Crippen molar-refractivity contribution < 1.29 is 19.0 Å². The molecule has 9 heteroatoms. The summed E-state index contributed by atoms with van der Waals surface area (Å²) in [5.74, 6) is 0.705. The maximum absolute atomic E-state index is 12.4. The molecular weight excluding hydrogens is 348 g/mol. The number of fused-ring (bicyclic) bond motifs is 1. The van der Waals surface area contributed by atoms with E-state index in [9.17, 15) is 4.79 Å². The van der Waals surface area contributed by atoms with Crippen molar-refractivity contribution in [1.82, 2.24) is 20.2 Å². The van der Waals surface area contributed by atoms with Gasteiger partial charge in [-0.05, 0) is 46.8 Å². The molecule has 0 spiro atoms. The predicted octanol–water partition coefficient (Wildman–Crippen LogP) is 2.31. The Morgan fingerprint density at radius 3 is 2.72 bits per heavy atom. The van der Waals surface area contributed by atoms with Gasteiger partial charge in [0.05, 0.1) is 16.3 Å². The van der Waals surface area contributed by atoms with E-state index in [1.54, 1.807) is 30.3 Å². The third-order valence-electron chi connectivity index (χ3n) is 3.49. The lowest BCUT2D eigenvalue weighted by atomic mass is 10.2. The van der Waals surface area contributed by atoms with Gasteiger partial charge in [0, 0.05) is 0 Å². The normalized spacial score (nSPS) is 12.7. The molecule has 0 saturated carbocycles. The summed E-state index contributed by atoms with van der Waals surface area (Å²) in [6.45, 7) is 0.824.